The van der Waals surface area contributed by atoms with Gasteiger partial charge in [0, 0.05) is 5.02 Å². The van der Waals surface area contributed by atoms with Gasteiger partial charge in [0.15, 0.2) is 0 Å². The summed E-state index contributed by atoms with van der Waals surface area (Å²) in [7, 11) is 0. The molecular formula is C27H39ClO. The van der Waals surface area contributed by atoms with Gasteiger partial charge in [-0.25, -0.2) is 0 Å². The molecule has 4 fully saturated rings. The van der Waals surface area contributed by atoms with Gasteiger partial charge in [-0.05, 0) is 103 Å². The number of hydrogen-bond acceptors (Lipinski definition) is 1. The third-order valence-electron chi connectivity index (χ3n) is 10.2. The van der Waals surface area contributed by atoms with E-state index < -0.39 is 0 Å². The van der Waals surface area contributed by atoms with Crippen LogP contribution in [-0.4, -0.2) is 6.10 Å². The second kappa shape index (κ2) is 7.18. The molecule has 1 aromatic rings. The smallest absolute Gasteiger partial charge is 0.121 e. The summed E-state index contributed by atoms with van der Waals surface area (Å²) in [5.41, 5.74) is 1.05. The highest BCUT2D eigenvalue weighted by Gasteiger charge is 2.61. The van der Waals surface area contributed by atoms with Crippen molar-refractivity contribution in [2.75, 3.05) is 0 Å². The maximum absolute atomic E-state index is 6.49. The third-order valence-corrected chi connectivity index (χ3v) is 10.4. The first-order valence-corrected chi connectivity index (χ1v) is 12.6. The van der Waals surface area contributed by atoms with E-state index in [1.54, 1.807) is 0 Å². The highest BCUT2D eigenvalue weighted by Crippen LogP contribution is 2.68. The first kappa shape index (κ1) is 20.2. The molecular weight excluding hydrogens is 376 g/mol. The second-order valence-corrected chi connectivity index (χ2v) is 12.3. The molecule has 0 spiro atoms. The summed E-state index contributed by atoms with van der Waals surface area (Å²) in [5.74, 6) is 6.36. The Bertz CT molecular complexity index is 761. The molecule has 0 radical (unpaired) electrons. The number of ether oxygens (including phenoxy) is 1. The van der Waals surface area contributed by atoms with Gasteiger partial charge in [0.25, 0.3) is 0 Å². The van der Waals surface area contributed by atoms with Crippen LogP contribution in [0.15, 0.2) is 24.3 Å². The Kier molecular flexibility index (Phi) is 5.01. The minimum Gasteiger partial charge on any atom is -0.490 e. The van der Waals surface area contributed by atoms with E-state index in [1.807, 2.05) is 18.2 Å². The molecule has 9 atom stereocenters. The molecule has 1 nitrogen and oxygen atoms in total. The minimum absolute atomic E-state index is 0.352. The minimum atomic E-state index is 0.352. The van der Waals surface area contributed by atoms with Gasteiger partial charge in [-0.2, -0.15) is 0 Å². The van der Waals surface area contributed by atoms with Crippen LogP contribution in [0.4, 0.5) is 0 Å². The summed E-state index contributed by atoms with van der Waals surface area (Å²) >= 11 is 6.20. The molecule has 0 aliphatic heterocycles. The molecule has 0 aromatic heterocycles. The van der Waals surface area contributed by atoms with Crippen molar-refractivity contribution in [1.29, 1.82) is 0 Å². The van der Waals surface area contributed by atoms with E-state index in [-0.39, 0.29) is 0 Å². The molecule has 0 amide bonds. The summed E-state index contributed by atoms with van der Waals surface area (Å²) in [6.07, 6.45) is 11.5. The average Bonchev–Trinajstić information content (AvgIpc) is 2.99. The fourth-order valence-electron chi connectivity index (χ4n) is 8.94. The van der Waals surface area contributed by atoms with Crippen LogP contribution in [0.3, 0.4) is 0 Å². The lowest BCUT2D eigenvalue weighted by Gasteiger charge is -2.63. The Labute approximate surface area is 182 Å². The van der Waals surface area contributed by atoms with Crippen LogP contribution in [0.1, 0.15) is 79.1 Å². The highest BCUT2D eigenvalue weighted by molar-refractivity contribution is 6.30. The standard InChI is InChI=1S/C27H39ClO/c1-17-7-6-11-27(4)22-10-12-26(3)16-21(29-20-9-5-8-19(28)14-20)15-24(26)25(22)18(2)13-23(17)27/h5,8-9,14,17-18,21-25H,6-7,10-13,15-16H2,1-4H3/t17?,18-,21-,22-,23-,24-,25+,26+,27+/m0/s1. The SMILES string of the molecule is CC1CCC[C@@]2(C)[C@H]1C[C@H](C)[C@H]1[C@@H]3C[C@H](Oc4cccc(Cl)c4)C[C@@]3(C)CC[C@@H]12. The van der Waals surface area contributed by atoms with Gasteiger partial charge in [-0.1, -0.05) is 58.2 Å². The van der Waals surface area contributed by atoms with E-state index in [0.717, 1.165) is 46.3 Å². The van der Waals surface area contributed by atoms with E-state index in [9.17, 15) is 0 Å². The van der Waals surface area contributed by atoms with Crippen LogP contribution >= 0.6 is 11.6 Å². The molecule has 160 valence electrons. The van der Waals surface area contributed by atoms with Gasteiger partial charge >= 0.3 is 0 Å². The Morgan fingerprint density at radius 3 is 2.59 bits per heavy atom. The molecule has 0 N–H and O–H groups in total. The zero-order valence-electron chi connectivity index (χ0n) is 18.8. The number of hydrogen-bond donors (Lipinski definition) is 0. The lowest BCUT2D eigenvalue weighted by atomic mass is 9.42. The molecule has 0 saturated heterocycles. The lowest BCUT2D eigenvalue weighted by molar-refractivity contribution is -0.141. The van der Waals surface area contributed by atoms with Gasteiger partial charge in [0.1, 0.15) is 5.75 Å². The molecule has 2 heteroatoms. The Morgan fingerprint density at radius 1 is 0.966 bits per heavy atom. The van der Waals surface area contributed by atoms with Crippen LogP contribution in [0, 0.1) is 46.3 Å². The van der Waals surface area contributed by atoms with Gasteiger partial charge in [-0.15, -0.1) is 0 Å². The number of fused-ring (bicyclic) bond motifs is 5. The zero-order valence-corrected chi connectivity index (χ0v) is 19.5. The number of rotatable bonds is 2. The van der Waals surface area contributed by atoms with Gasteiger partial charge in [0.2, 0.25) is 0 Å². The molecule has 4 aliphatic carbocycles. The van der Waals surface area contributed by atoms with Crippen molar-refractivity contribution in [3.63, 3.8) is 0 Å². The fraction of sp³-hybridized carbons (Fsp3) is 0.778. The average molecular weight is 415 g/mol. The van der Waals surface area contributed by atoms with Crippen LogP contribution in [0.25, 0.3) is 0 Å². The second-order valence-electron chi connectivity index (χ2n) is 11.8. The predicted molar refractivity (Wildman–Crippen MR) is 121 cm³/mol. The molecule has 5 rings (SSSR count). The normalized spacial score (nSPS) is 49.1. The van der Waals surface area contributed by atoms with E-state index in [1.165, 1.54) is 51.4 Å². The molecule has 0 bridgehead atoms. The van der Waals surface area contributed by atoms with Crippen LogP contribution in [-0.2, 0) is 0 Å². The van der Waals surface area contributed by atoms with Crippen LogP contribution < -0.4 is 4.74 Å². The molecule has 4 saturated carbocycles. The van der Waals surface area contributed by atoms with Crippen molar-refractivity contribution < 1.29 is 4.74 Å². The van der Waals surface area contributed by atoms with Crippen LogP contribution in [0.5, 0.6) is 5.75 Å². The molecule has 4 aliphatic rings. The highest BCUT2D eigenvalue weighted by atomic mass is 35.5. The number of benzene rings is 1. The summed E-state index contributed by atoms with van der Waals surface area (Å²) in [6, 6.07) is 7.98. The maximum Gasteiger partial charge on any atom is 0.121 e. The molecule has 1 aromatic carbocycles. The maximum atomic E-state index is 6.49. The first-order chi connectivity index (χ1) is 13.8. The van der Waals surface area contributed by atoms with Gasteiger partial charge < -0.3 is 4.74 Å². The van der Waals surface area contributed by atoms with E-state index >= 15 is 0 Å². The quantitative estimate of drug-likeness (QED) is 0.476. The molecule has 1 unspecified atom stereocenters. The number of halogens is 1. The Balaban J connectivity index is 1.39. The summed E-state index contributed by atoms with van der Waals surface area (Å²) in [5, 5.41) is 0.774. The van der Waals surface area contributed by atoms with Gasteiger partial charge in [-0.3, -0.25) is 0 Å². The largest absolute Gasteiger partial charge is 0.490 e. The lowest BCUT2D eigenvalue weighted by Crippen LogP contribution is -2.56. The van der Waals surface area contributed by atoms with Crippen molar-refractivity contribution >= 4 is 11.6 Å². The van der Waals surface area contributed by atoms with E-state index in [0.29, 0.717) is 16.9 Å². The van der Waals surface area contributed by atoms with E-state index in [2.05, 4.69) is 33.8 Å². The summed E-state index contributed by atoms with van der Waals surface area (Å²) in [6.45, 7) is 10.4. The topological polar surface area (TPSA) is 9.23 Å². The van der Waals surface area contributed by atoms with E-state index in [4.69, 9.17) is 16.3 Å². The fourth-order valence-corrected chi connectivity index (χ4v) is 9.12. The van der Waals surface area contributed by atoms with Gasteiger partial charge in [0.05, 0.1) is 6.10 Å². The Hall–Kier alpha value is -0.690. The van der Waals surface area contributed by atoms with Crippen molar-refractivity contribution in [1.82, 2.24) is 0 Å². The molecule has 0 heterocycles. The van der Waals surface area contributed by atoms with Crippen molar-refractivity contribution in [2.24, 2.45) is 46.3 Å². The Morgan fingerprint density at radius 2 is 1.79 bits per heavy atom. The third kappa shape index (κ3) is 3.26. The monoisotopic (exact) mass is 414 g/mol. The van der Waals surface area contributed by atoms with Crippen LogP contribution in [0.2, 0.25) is 5.02 Å². The van der Waals surface area contributed by atoms with Crippen molar-refractivity contribution in [3.05, 3.63) is 29.3 Å². The zero-order chi connectivity index (χ0) is 20.4. The molecule has 29 heavy (non-hydrogen) atoms. The summed E-state index contributed by atoms with van der Waals surface area (Å²) in [4.78, 5) is 0. The summed E-state index contributed by atoms with van der Waals surface area (Å²) < 4.78 is 6.49. The van der Waals surface area contributed by atoms with Crippen molar-refractivity contribution in [2.45, 2.75) is 85.2 Å². The van der Waals surface area contributed by atoms with Crippen molar-refractivity contribution in [3.8, 4) is 5.75 Å². The first-order valence-electron chi connectivity index (χ1n) is 12.2. The predicted octanol–water partition coefficient (Wildman–Crippen LogP) is 8.01.